The Morgan fingerprint density at radius 1 is 1.38 bits per heavy atom. The van der Waals surface area contributed by atoms with Crippen LogP contribution in [0.3, 0.4) is 0 Å². The zero-order valence-electron chi connectivity index (χ0n) is 9.06. The number of aliphatic imine (C=N–C) groups is 1. The first-order valence-electron chi connectivity index (χ1n) is 5.08. The molecule has 90 valence electrons. The molecule has 0 aliphatic carbocycles. The van der Waals surface area contributed by atoms with Crippen LogP contribution in [0.1, 0.15) is 0 Å². The van der Waals surface area contributed by atoms with E-state index in [9.17, 15) is 8.42 Å². The zero-order valence-corrected chi connectivity index (χ0v) is 11.5. The van der Waals surface area contributed by atoms with Gasteiger partial charge in [-0.15, -0.1) is 0 Å². The lowest BCUT2D eigenvalue weighted by atomic mass is 10.3. The Balaban J connectivity index is 1.98. The number of sulfone groups is 1. The lowest BCUT2D eigenvalue weighted by molar-refractivity contribution is 0.164. The molecule has 2 aliphatic heterocycles. The Morgan fingerprint density at radius 3 is 2.50 bits per heavy atom. The summed E-state index contributed by atoms with van der Waals surface area (Å²) in [5, 5.41) is 1.25. The third-order valence-electron chi connectivity index (χ3n) is 2.74. The SMILES string of the molecule is CN1CCN(CC2=CS(=O)(=O)C(Br)=N2)CC1. The first-order chi connectivity index (χ1) is 7.47. The minimum atomic E-state index is -3.27. The second-order valence-electron chi connectivity index (χ2n) is 4.10. The molecule has 0 atom stereocenters. The second-order valence-corrected chi connectivity index (χ2v) is 7.09. The summed E-state index contributed by atoms with van der Waals surface area (Å²) in [6.07, 6.45) is 0. The average molecular weight is 308 g/mol. The van der Waals surface area contributed by atoms with Gasteiger partial charge in [-0.25, -0.2) is 13.4 Å². The van der Waals surface area contributed by atoms with E-state index in [1.165, 1.54) is 5.41 Å². The molecule has 7 heteroatoms. The smallest absolute Gasteiger partial charge is 0.225 e. The van der Waals surface area contributed by atoms with Crippen molar-refractivity contribution in [1.29, 1.82) is 0 Å². The average Bonchev–Trinajstić information content (AvgIpc) is 2.44. The molecule has 16 heavy (non-hydrogen) atoms. The lowest BCUT2D eigenvalue weighted by Crippen LogP contribution is -2.44. The van der Waals surface area contributed by atoms with Crippen molar-refractivity contribution in [3.05, 3.63) is 11.1 Å². The Morgan fingerprint density at radius 2 is 2.00 bits per heavy atom. The molecule has 0 aromatic heterocycles. The summed E-state index contributed by atoms with van der Waals surface area (Å²) in [5.41, 5.74) is 0.622. The molecule has 0 amide bonds. The van der Waals surface area contributed by atoms with Crippen molar-refractivity contribution in [2.75, 3.05) is 39.8 Å². The van der Waals surface area contributed by atoms with Crippen LogP contribution in [0.25, 0.3) is 0 Å². The number of nitrogens with zero attached hydrogens (tertiary/aromatic N) is 3. The predicted molar refractivity (Wildman–Crippen MR) is 67.3 cm³/mol. The molecule has 5 nitrogen and oxygen atoms in total. The molecular formula is C9H14BrN3O2S. The van der Waals surface area contributed by atoms with Crippen LogP contribution < -0.4 is 0 Å². The van der Waals surface area contributed by atoms with E-state index < -0.39 is 9.84 Å². The standard InChI is InChI=1S/C9H14BrN3O2S/c1-12-2-4-13(5-3-12)6-8-7-16(14,15)9(10)11-8/h7H,2-6H2,1H3. The second kappa shape index (κ2) is 4.56. The fourth-order valence-electron chi connectivity index (χ4n) is 1.74. The molecule has 0 saturated carbocycles. The van der Waals surface area contributed by atoms with Crippen molar-refractivity contribution in [3.63, 3.8) is 0 Å². The fraction of sp³-hybridized carbons (Fsp3) is 0.667. The maximum atomic E-state index is 11.4. The van der Waals surface area contributed by atoms with Crippen molar-refractivity contribution in [3.8, 4) is 0 Å². The van der Waals surface area contributed by atoms with Gasteiger partial charge in [0.2, 0.25) is 13.8 Å². The van der Waals surface area contributed by atoms with E-state index in [4.69, 9.17) is 0 Å². The topological polar surface area (TPSA) is 53.0 Å². The summed E-state index contributed by atoms with van der Waals surface area (Å²) in [4.78, 5) is 8.48. The summed E-state index contributed by atoms with van der Waals surface area (Å²) in [7, 11) is -1.18. The Labute approximate surface area is 104 Å². The first-order valence-corrected chi connectivity index (χ1v) is 7.42. The monoisotopic (exact) mass is 307 g/mol. The van der Waals surface area contributed by atoms with Crippen LogP contribution in [0.15, 0.2) is 16.1 Å². The van der Waals surface area contributed by atoms with Gasteiger partial charge in [-0.2, -0.15) is 0 Å². The zero-order chi connectivity index (χ0) is 11.8. The normalized spacial score (nSPS) is 26.6. The molecule has 1 saturated heterocycles. The minimum Gasteiger partial charge on any atom is -0.304 e. The van der Waals surface area contributed by atoms with Crippen LogP contribution in [-0.4, -0.2) is 61.9 Å². The molecule has 0 aromatic rings. The van der Waals surface area contributed by atoms with Crippen LogP contribution in [-0.2, 0) is 9.84 Å². The van der Waals surface area contributed by atoms with Crippen molar-refractivity contribution >= 4 is 29.7 Å². The fourth-order valence-corrected chi connectivity index (χ4v) is 3.07. The largest absolute Gasteiger partial charge is 0.304 e. The summed E-state index contributed by atoms with van der Waals surface area (Å²) in [6.45, 7) is 4.57. The van der Waals surface area contributed by atoms with Crippen LogP contribution in [0.5, 0.6) is 0 Å². The summed E-state index contributed by atoms with van der Waals surface area (Å²) in [6, 6.07) is 0. The third kappa shape index (κ3) is 2.71. The summed E-state index contributed by atoms with van der Waals surface area (Å²) >= 11 is 2.96. The maximum absolute atomic E-state index is 11.4. The van der Waals surface area contributed by atoms with E-state index in [-0.39, 0.29) is 3.95 Å². The molecule has 0 spiro atoms. The van der Waals surface area contributed by atoms with E-state index in [2.05, 4.69) is 37.8 Å². The van der Waals surface area contributed by atoms with Crippen LogP contribution in [0.4, 0.5) is 0 Å². The van der Waals surface area contributed by atoms with E-state index in [0.717, 1.165) is 26.2 Å². The highest BCUT2D eigenvalue weighted by atomic mass is 79.9. The van der Waals surface area contributed by atoms with Gasteiger partial charge in [0.25, 0.3) is 0 Å². The predicted octanol–water partition coefficient (Wildman–Crippen LogP) is 0.255. The van der Waals surface area contributed by atoms with Gasteiger partial charge in [-0.05, 0) is 23.0 Å². The van der Waals surface area contributed by atoms with Gasteiger partial charge < -0.3 is 4.90 Å². The highest BCUT2D eigenvalue weighted by Crippen LogP contribution is 2.19. The summed E-state index contributed by atoms with van der Waals surface area (Å²) < 4.78 is 22.8. The molecule has 0 unspecified atom stereocenters. The molecule has 0 bridgehead atoms. The van der Waals surface area contributed by atoms with Gasteiger partial charge in [0, 0.05) is 32.7 Å². The minimum absolute atomic E-state index is 0.0316. The quantitative estimate of drug-likeness (QED) is 0.734. The Kier molecular flexibility index (Phi) is 3.48. The van der Waals surface area contributed by atoms with Gasteiger partial charge in [0.1, 0.15) is 0 Å². The molecular weight excluding hydrogens is 294 g/mol. The van der Waals surface area contributed by atoms with E-state index in [1.807, 2.05) is 0 Å². The van der Waals surface area contributed by atoms with Crippen molar-refractivity contribution in [1.82, 2.24) is 9.80 Å². The molecule has 2 rings (SSSR count). The molecule has 2 heterocycles. The van der Waals surface area contributed by atoms with E-state index in [0.29, 0.717) is 12.2 Å². The first kappa shape index (κ1) is 12.2. The number of likely N-dealkylation sites (N-methyl/N-ethyl adjacent to an activating group) is 1. The Hall–Kier alpha value is -0.240. The lowest BCUT2D eigenvalue weighted by Gasteiger charge is -2.31. The van der Waals surface area contributed by atoms with Crippen LogP contribution >= 0.6 is 15.9 Å². The number of rotatable bonds is 2. The van der Waals surface area contributed by atoms with Gasteiger partial charge in [-0.3, -0.25) is 4.90 Å². The maximum Gasteiger partial charge on any atom is 0.225 e. The number of halogens is 1. The van der Waals surface area contributed by atoms with Crippen LogP contribution in [0, 0.1) is 0 Å². The van der Waals surface area contributed by atoms with Crippen molar-refractivity contribution < 1.29 is 8.42 Å². The summed E-state index contributed by atoms with van der Waals surface area (Å²) in [5.74, 6) is 0. The third-order valence-corrected chi connectivity index (χ3v) is 5.41. The molecule has 1 fully saturated rings. The van der Waals surface area contributed by atoms with Gasteiger partial charge in [-0.1, -0.05) is 0 Å². The Bertz CT molecular complexity index is 436. The van der Waals surface area contributed by atoms with Gasteiger partial charge in [0.15, 0.2) is 0 Å². The van der Waals surface area contributed by atoms with Gasteiger partial charge in [0.05, 0.1) is 11.1 Å². The molecule has 0 aromatic carbocycles. The van der Waals surface area contributed by atoms with Crippen molar-refractivity contribution in [2.24, 2.45) is 4.99 Å². The van der Waals surface area contributed by atoms with Crippen molar-refractivity contribution in [2.45, 2.75) is 0 Å². The van der Waals surface area contributed by atoms with E-state index in [1.54, 1.807) is 0 Å². The van der Waals surface area contributed by atoms with E-state index >= 15 is 0 Å². The number of hydrogen-bond donors (Lipinski definition) is 0. The number of piperazine rings is 1. The van der Waals surface area contributed by atoms with Gasteiger partial charge >= 0.3 is 0 Å². The number of hydrogen-bond acceptors (Lipinski definition) is 5. The molecule has 2 aliphatic rings. The van der Waals surface area contributed by atoms with Crippen LogP contribution in [0.2, 0.25) is 0 Å². The highest BCUT2D eigenvalue weighted by Gasteiger charge is 2.24. The highest BCUT2D eigenvalue weighted by molar-refractivity contribution is 9.21. The molecule has 0 N–H and O–H groups in total. The molecule has 0 radical (unpaired) electrons.